The van der Waals surface area contributed by atoms with Crippen molar-refractivity contribution in [2.75, 3.05) is 6.61 Å². The summed E-state index contributed by atoms with van der Waals surface area (Å²) in [6.45, 7) is 3.82. The summed E-state index contributed by atoms with van der Waals surface area (Å²) in [5, 5.41) is 16.3. The fraction of sp³-hybridized carbons (Fsp3) is 0.462. The molecule has 0 fully saturated rings. The molecule has 0 bridgehead atoms. The van der Waals surface area contributed by atoms with Crippen LogP contribution >= 0.6 is 0 Å². The van der Waals surface area contributed by atoms with Crippen molar-refractivity contribution < 1.29 is 14.4 Å². The van der Waals surface area contributed by atoms with Gasteiger partial charge in [0.2, 0.25) is 0 Å². The van der Waals surface area contributed by atoms with Crippen molar-refractivity contribution in [1.82, 2.24) is 15.5 Å². The molecule has 1 atom stereocenters. The second-order valence-electron chi connectivity index (χ2n) is 4.44. The molecule has 0 saturated carbocycles. The second-order valence-corrected chi connectivity index (χ2v) is 4.44. The third-order valence-electron chi connectivity index (χ3n) is 3.08. The lowest BCUT2D eigenvalue weighted by Crippen LogP contribution is -2.35. The summed E-state index contributed by atoms with van der Waals surface area (Å²) in [4.78, 5) is 16.1. The van der Waals surface area contributed by atoms with E-state index >= 15 is 0 Å². The van der Waals surface area contributed by atoms with Gasteiger partial charge in [0, 0.05) is 18.8 Å². The molecule has 0 aromatic carbocycles. The molecule has 2 aromatic heterocycles. The first-order valence-corrected chi connectivity index (χ1v) is 6.29. The maximum absolute atomic E-state index is 12.1. The Morgan fingerprint density at radius 3 is 3.05 bits per heavy atom. The number of carbonyl (C=O) groups is 1. The summed E-state index contributed by atoms with van der Waals surface area (Å²) >= 11 is 0. The molecule has 0 aliphatic heterocycles. The van der Waals surface area contributed by atoms with E-state index in [4.69, 9.17) is 9.63 Å². The number of aliphatic hydroxyl groups excluding tert-OH is 1. The van der Waals surface area contributed by atoms with Crippen molar-refractivity contribution in [3.8, 4) is 0 Å². The van der Waals surface area contributed by atoms with Gasteiger partial charge in [-0.2, -0.15) is 0 Å². The molecule has 0 spiro atoms. The number of rotatable bonds is 5. The minimum absolute atomic E-state index is 0.0308. The quantitative estimate of drug-likeness (QED) is 0.851. The number of hydrogen-bond donors (Lipinski definition) is 2. The predicted molar refractivity (Wildman–Crippen MR) is 69.8 cm³/mol. The fourth-order valence-electron chi connectivity index (χ4n) is 1.87. The summed E-state index contributed by atoms with van der Waals surface area (Å²) in [6.07, 6.45) is 2.78. The molecular formula is C13H17N3O3. The Morgan fingerprint density at radius 1 is 1.58 bits per heavy atom. The molecule has 2 rings (SSSR count). The fourth-order valence-corrected chi connectivity index (χ4v) is 1.87. The van der Waals surface area contributed by atoms with Gasteiger partial charge in [0.05, 0.1) is 16.6 Å². The lowest BCUT2D eigenvalue weighted by atomic mass is 10.1. The smallest absolute Gasteiger partial charge is 0.257 e. The van der Waals surface area contributed by atoms with E-state index in [0.717, 1.165) is 11.8 Å². The second kappa shape index (κ2) is 5.79. The zero-order chi connectivity index (χ0) is 13.8. The third-order valence-corrected chi connectivity index (χ3v) is 3.08. The first kappa shape index (κ1) is 13.5. The van der Waals surface area contributed by atoms with Crippen molar-refractivity contribution >= 4 is 17.0 Å². The lowest BCUT2D eigenvalue weighted by molar-refractivity contribution is 0.0929. The van der Waals surface area contributed by atoms with Gasteiger partial charge in [-0.05, 0) is 25.8 Å². The molecule has 1 unspecified atom stereocenters. The monoisotopic (exact) mass is 263 g/mol. The van der Waals surface area contributed by atoms with Crippen LogP contribution in [-0.2, 0) is 0 Å². The highest BCUT2D eigenvalue weighted by Gasteiger charge is 2.14. The van der Waals surface area contributed by atoms with Crippen LogP contribution in [0.2, 0.25) is 0 Å². The van der Waals surface area contributed by atoms with Crippen molar-refractivity contribution in [3.63, 3.8) is 0 Å². The molecular weight excluding hydrogens is 246 g/mol. The zero-order valence-electron chi connectivity index (χ0n) is 11.0. The maximum Gasteiger partial charge on any atom is 0.257 e. The molecule has 0 aliphatic rings. The number of amides is 1. The van der Waals surface area contributed by atoms with E-state index in [1.54, 1.807) is 13.0 Å². The van der Waals surface area contributed by atoms with Gasteiger partial charge in [-0.25, -0.2) is 4.98 Å². The van der Waals surface area contributed by atoms with Crippen LogP contribution in [0.1, 0.15) is 35.8 Å². The molecule has 2 heterocycles. The van der Waals surface area contributed by atoms with Gasteiger partial charge in [-0.3, -0.25) is 4.79 Å². The first-order chi connectivity index (χ1) is 9.15. The Bertz CT molecular complexity index is 580. The largest absolute Gasteiger partial charge is 0.396 e. The third kappa shape index (κ3) is 2.90. The molecule has 0 aliphatic carbocycles. The standard InChI is InChI=1S/C13H17N3O3/c1-3-10(4-5-17)15-12(18)9-6-11-8(2)16-19-13(11)14-7-9/h6-7,10,17H,3-5H2,1-2H3,(H,15,18). The van der Waals surface area contributed by atoms with Gasteiger partial charge in [-0.1, -0.05) is 12.1 Å². The Kier molecular flexibility index (Phi) is 4.11. The highest BCUT2D eigenvalue weighted by molar-refractivity contribution is 5.97. The number of nitrogens with one attached hydrogen (secondary N) is 1. The number of aromatic nitrogens is 2. The Balaban J connectivity index is 2.18. The van der Waals surface area contributed by atoms with Crippen molar-refractivity contribution in [2.24, 2.45) is 0 Å². The first-order valence-electron chi connectivity index (χ1n) is 6.29. The minimum Gasteiger partial charge on any atom is -0.396 e. The van der Waals surface area contributed by atoms with Crippen molar-refractivity contribution in [3.05, 3.63) is 23.5 Å². The maximum atomic E-state index is 12.1. The predicted octanol–water partition coefficient (Wildman–Crippen LogP) is 1.42. The van der Waals surface area contributed by atoms with E-state index in [0.29, 0.717) is 23.4 Å². The van der Waals surface area contributed by atoms with E-state index in [9.17, 15) is 4.79 Å². The normalized spacial score (nSPS) is 12.6. The summed E-state index contributed by atoms with van der Waals surface area (Å²) in [5.74, 6) is -0.199. The number of aryl methyl sites for hydroxylation is 1. The van der Waals surface area contributed by atoms with E-state index in [-0.39, 0.29) is 18.6 Å². The van der Waals surface area contributed by atoms with Crippen molar-refractivity contribution in [1.29, 1.82) is 0 Å². The zero-order valence-corrected chi connectivity index (χ0v) is 11.0. The Morgan fingerprint density at radius 2 is 2.37 bits per heavy atom. The molecule has 1 amide bonds. The number of aliphatic hydroxyl groups is 1. The highest BCUT2D eigenvalue weighted by Crippen LogP contribution is 2.16. The van der Waals surface area contributed by atoms with Crippen LogP contribution in [0.15, 0.2) is 16.8 Å². The van der Waals surface area contributed by atoms with E-state index in [1.165, 1.54) is 6.20 Å². The minimum atomic E-state index is -0.199. The lowest BCUT2D eigenvalue weighted by Gasteiger charge is -2.15. The van der Waals surface area contributed by atoms with Gasteiger partial charge in [0.15, 0.2) is 0 Å². The van der Waals surface area contributed by atoms with Crippen LogP contribution in [0.3, 0.4) is 0 Å². The summed E-state index contributed by atoms with van der Waals surface area (Å²) in [7, 11) is 0. The van der Waals surface area contributed by atoms with E-state index in [1.807, 2.05) is 6.92 Å². The SMILES string of the molecule is CCC(CCO)NC(=O)c1cnc2onc(C)c2c1. The van der Waals surface area contributed by atoms with Crippen LogP contribution in [0.25, 0.3) is 11.1 Å². The number of fused-ring (bicyclic) bond motifs is 1. The average Bonchev–Trinajstić information content (AvgIpc) is 2.79. The van der Waals surface area contributed by atoms with Gasteiger partial charge in [-0.15, -0.1) is 0 Å². The van der Waals surface area contributed by atoms with Gasteiger partial charge >= 0.3 is 0 Å². The van der Waals surface area contributed by atoms with Crippen LogP contribution in [0, 0.1) is 6.92 Å². The van der Waals surface area contributed by atoms with Crippen LogP contribution in [-0.4, -0.2) is 33.8 Å². The van der Waals surface area contributed by atoms with Crippen LogP contribution < -0.4 is 5.32 Å². The van der Waals surface area contributed by atoms with Crippen LogP contribution in [0.5, 0.6) is 0 Å². The van der Waals surface area contributed by atoms with Gasteiger partial charge < -0.3 is 14.9 Å². The van der Waals surface area contributed by atoms with Gasteiger partial charge in [0.1, 0.15) is 0 Å². The number of pyridine rings is 1. The number of carbonyl (C=O) groups excluding carboxylic acids is 1. The molecule has 0 saturated heterocycles. The molecule has 2 aromatic rings. The number of hydrogen-bond acceptors (Lipinski definition) is 5. The van der Waals surface area contributed by atoms with Crippen molar-refractivity contribution in [2.45, 2.75) is 32.7 Å². The molecule has 0 radical (unpaired) electrons. The topological polar surface area (TPSA) is 88.2 Å². The summed E-state index contributed by atoms with van der Waals surface area (Å²) in [6, 6.07) is 1.69. The highest BCUT2D eigenvalue weighted by atomic mass is 16.5. The Hall–Kier alpha value is -1.95. The molecule has 6 heteroatoms. The number of nitrogens with zero attached hydrogens (tertiary/aromatic N) is 2. The molecule has 2 N–H and O–H groups in total. The van der Waals surface area contributed by atoms with Crippen LogP contribution in [0.4, 0.5) is 0 Å². The molecule has 19 heavy (non-hydrogen) atoms. The molecule has 102 valence electrons. The van der Waals surface area contributed by atoms with Gasteiger partial charge in [0.25, 0.3) is 11.6 Å². The summed E-state index contributed by atoms with van der Waals surface area (Å²) in [5.41, 5.74) is 1.60. The summed E-state index contributed by atoms with van der Waals surface area (Å²) < 4.78 is 5.00. The molecule has 6 nitrogen and oxygen atoms in total. The Labute approximate surface area is 110 Å². The van der Waals surface area contributed by atoms with E-state index < -0.39 is 0 Å². The average molecular weight is 263 g/mol. The van der Waals surface area contributed by atoms with E-state index in [2.05, 4.69) is 15.5 Å².